The third kappa shape index (κ3) is 22.6. The van der Waals surface area contributed by atoms with Crippen LogP contribution in [0.2, 0.25) is 0 Å². The summed E-state index contributed by atoms with van der Waals surface area (Å²) >= 11 is 0. The summed E-state index contributed by atoms with van der Waals surface area (Å²) in [5.74, 6) is -1.62. The van der Waals surface area contributed by atoms with Gasteiger partial charge in [0, 0.05) is 31.7 Å². The van der Waals surface area contributed by atoms with E-state index in [-0.39, 0.29) is 70.1 Å². The molecule has 1 saturated heterocycles. The number of aliphatic hydroxyl groups is 13. The molecule has 0 aromatic rings. The van der Waals surface area contributed by atoms with Crippen molar-refractivity contribution in [1.29, 1.82) is 0 Å². The number of carbonyl (C=O) groups excluding carboxylic acids is 2. The first-order valence-electron chi connectivity index (χ1n) is 20.7. The third-order valence-corrected chi connectivity index (χ3v) is 10.3. The maximum Gasteiger partial charge on any atom is 0.239 e. The van der Waals surface area contributed by atoms with Gasteiger partial charge in [-0.3, -0.25) is 9.59 Å². The standard InChI is InChI=1S/C40H74N2O17/c1-4-35(59-40-38(56)37(55)36(54)23(3)58-40)22(2)34(53)20-32(52)19-31(51)17-27(47)11-6-10-26(46)16-30(50)18-29(49)15-25(45)9-5-8-24(44)14-28(48)12-7-13-42-39(57)33(41)21-43/h5-6,9,11,22-33,35-38,40,43-52,54-56H,4,7-8,10,12-21,41H2,1-3H3,(H,42,57)/b9-5+,11-6+. The number of ether oxygens (including phenoxy) is 2. The topological polar surface area (TPSA) is 354 Å². The Morgan fingerprint density at radius 2 is 1.22 bits per heavy atom. The van der Waals surface area contributed by atoms with Gasteiger partial charge in [0.15, 0.2) is 6.29 Å². The van der Waals surface area contributed by atoms with Gasteiger partial charge < -0.3 is 86.9 Å². The molecule has 0 spiro atoms. The molecule has 59 heavy (non-hydrogen) atoms. The summed E-state index contributed by atoms with van der Waals surface area (Å²) in [5, 5.41) is 134. The fourth-order valence-corrected chi connectivity index (χ4v) is 6.69. The monoisotopic (exact) mass is 854 g/mol. The molecule has 0 bridgehead atoms. The van der Waals surface area contributed by atoms with E-state index in [0.29, 0.717) is 19.3 Å². The highest BCUT2D eigenvalue weighted by Crippen LogP contribution is 2.26. The van der Waals surface area contributed by atoms with Gasteiger partial charge in [0.25, 0.3) is 0 Å². The Labute approximate surface area is 346 Å². The van der Waals surface area contributed by atoms with Crippen LogP contribution in [0.15, 0.2) is 24.3 Å². The zero-order valence-electron chi connectivity index (χ0n) is 34.5. The van der Waals surface area contributed by atoms with Crippen molar-refractivity contribution in [3.05, 3.63) is 24.3 Å². The summed E-state index contributed by atoms with van der Waals surface area (Å²) in [4.78, 5) is 24.4. The predicted molar refractivity (Wildman–Crippen MR) is 213 cm³/mol. The highest BCUT2D eigenvalue weighted by Gasteiger charge is 2.44. The number of ketones is 1. The molecule has 1 fully saturated rings. The number of nitrogens with two attached hydrogens (primary N) is 1. The van der Waals surface area contributed by atoms with Crippen molar-refractivity contribution in [2.24, 2.45) is 11.7 Å². The Morgan fingerprint density at radius 3 is 1.75 bits per heavy atom. The molecule has 1 rings (SSSR count). The Hall–Kier alpha value is -2.02. The van der Waals surface area contributed by atoms with E-state index in [1.54, 1.807) is 13.8 Å². The molecule has 17 atom stereocenters. The molecule has 17 unspecified atom stereocenters. The molecule has 0 aliphatic carbocycles. The second-order valence-electron chi connectivity index (χ2n) is 15.9. The van der Waals surface area contributed by atoms with E-state index in [0.717, 1.165) is 0 Å². The van der Waals surface area contributed by atoms with Crippen molar-refractivity contribution < 1.29 is 85.4 Å². The molecule has 0 radical (unpaired) electrons. The summed E-state index contributed by atoms with van der Waals surface area (Å²) in [6.07, 6.45) is -10.8. The number of hydrogen-bond acceptors (Lipinski definition) is 18. The summed E-state index contributed by atoms with van der Waals surface area (Å²) in [6, 6.07) is -1.01. The number of Topliss-reactive ketones (excluding diaryl/α,β-unsaturated/α-hetero) is 1. The minimum absolute atomic E-state index is 0.0374. The normalized spacial score (nSPS) is 26.4. The fourth-order valence-electron chi connectivity index (χ4n) is 6.69. The van der Waals surface area contributed by atoms with Crippen molar-refractivity contribution in [1.82, 2.24) is 5.32 Å². The van der Waals surface area contributed by atoms with Crippen LogP contribution in [0.25, 0.3) is 0 Å². The Kier molecular flexibility index (Phi) is 27.3. The van der Waals surface area contributed by atoms with E-state index in [1.807, 2.05) is 0 Å². The molecule has 1 heterocycles. The van der Waals surface area contributed by atoms with Crippen LogP contribution in [-0.4, -0.2) is 189 Å². The summed E-state index contributed by atoms with van der Waals surface area (Å²) < 4.78 is 11.2. The van der Waals surface area contributed by atoms with Crippen molar-refractivity contribution in [3.8, 4) is 0 Å². The van der Waals surface area contributed by atoms with Crippen molar-refractivity contribution in [3.63, 3.8) is 0 Å². The van der Waals surface area contributed by atoms with Gasteiger partial charge in [-0.25, -0.2) is 0 Å². The average Bonchev–Trinajstić information content (AvgIpc) is 3.15. The van der Waals surface area contributed by atoms with E-state index in [9.17, 15) is 70.9 Å². The SMILES string of the molecule is CCC(OC1OC(C)C(O)C(O)C1O)C(C)C(=O)CC(O)CC(O)CC(O)/C=C/CC(O)CC(O)CC(O)CC(O)/C=C/CC(O)CC(O)CCCNC(=O)C(N)CO. The molecule has 346 valence electrons. The van der Waals surface area contributed by atoms with Crippen LogP contribution in [0, 0.1) is 5.92 Å². The maximum absolute atomic E-state index is 12.9. The Morgan fingerprint density at radius 1 is 0.729 bits per heavy atom. The van der Waals surface area contributed by atoms with Gasteiger partial charge in [0.05, 0.1) is 73.8 Å². The molecule has 0 aromatic heterocycles. The number of nitrogens with one attached hydrogen (secondary N) is 1. The molecule has 0 saturated carbocycles. The predicted octanol–water partition coefficient (Wildman–Crippen LogP) is -3.10. The average molecular weight is 855 g/mol. The summed E-state index contributed by atoms with van der Waals surface area (Å²) in [7, 11) is 0. The highest BCUT2D eigenvalue weighted by molar-refractivity contribution is 5.82. The molecule has 16 N–H and O–H groups in total. The summed E-state index contributed by atoms with van der Waals surface area (Å²) in [5.41, 5.74) is 5.40. The highest BCUT2D eigenvalue weighted by atomic mass is 16.7. The zero-order chi connectivity index (χ0) is 44.8. The molecular formula is C40H74N2O17. The number of aliphatic hydroxyl groups excluding tert-OH is 13. The molecule has 1 aliphatic rings. The van der Waals surface area contributed by atoms with Crippen LogP contribution in [0.3, 0.4) is 0 Å². The van der Waals surface area contributed by atoms with E-state index in [1.165, 1.54) is 31.2 Å². The van der Waals surface area contributed by atoms with Crippen LogP contribution >= 0.6 is 0 Å². The summed E-state index contributed by atoms with van der Waals surface area (Å²) in [6.45, 7) is 4.62. The van der Waals surface area contributed by atoms with Crippen molar-refractivity contribution in [2.45, 2.75) is 196 Å². The van der Waals surface area contributed by atoms with E-state index in [4.69, 9.17) is 20.3 Å². The molecule has 19 nitrogen and oxygen atoms in total. The van der Waals surface area contributed by atoms with Gasteiger partial charge in [-0.05, 0) is 64.7 Å². The Bertz CT molecular complexity index is 1220. The zero-order valence-corrected chi connectivity index (χ0v) is 34.5. The molecule has 1 aliphatic heterocycles. The molecule has 1 amide bonds. The number of hydrogen-bond donors (Lipinski definition) is 15. The van der Waals surface area contributed by atoms with E-state index in [2.05, 4.69) is 5.32 Å². The van der Waals surface area contributed by atoms with Gasteiger partial charge >= 0.3 is 0 Å². The molecular weight excluding hydrogens is 780 g/mol. The van der Waals surface area contributed by atoms with E-state index < -0.39 is 116 Å². The van der Waals surface area contributed by atoms with Crippen LogP contribution in [0.1, 0.15) is 97.8 Å². The molecule has 0 aromatic carbocycles. The van der Waals surface area contributed by atoms with Crippen LogP contribution in [0.4, 0.5) is 0 Å². The van der Waals surface area contributed by atoms with Gasteiger partial charge in [0.2, 0.25) is 5.91 Å². The number of amides is 1. The van der Waals surface area contributed by atoms with Crippen molar-refractivity contribution >= 4 is 11.7 Å². The first-order valence-corrected chi connectivity index (χ1v) is 20.7. The Balaban J connectivity index is 2.34. The quantitative estimate of drug-likeness (QED) is 0.0243. The van der Waals surface area contributed by atoms with Crippen LogP contribution < -0.4 is 11.1 Å². The van der Waals surface area contributed by atoms with Crippen molar-refractivity contribution in [2.75, 3.05) is 13.2 Å². The third-order valence-electron chi connectivity index (χ3n) is 10.3. The minimum atomic E-state index is -1.54. The van der Waals surface area contributed by atoms with Gasteiger partial charge in [-0.2, -0.15) is 0 Å². The lowest BCUT2D eigenvalue weighted by atomic mass is 9.91. The number of rotatable bonds is 31. The minimum Gasteiger partial charge on any atom is -0.394 e. The van der Waals surface area contributed by atoms with Gasteiger partial charge in [0.1, 0.15) is 30.1 Å². The second-order valence-corrected chi connectivity index (χ2v) is 15.9. The lowest BCUT2D eigenvalue weighted by Gasteiger charge is -2.40. The first kappa shape index (κ1) is 55.0. The van der Waals surface area contributed by atoms with Gasteiger partial charge in [-0.1, -0.05) is 38.2 Å². The first-order chi connectivity index (χ1) is 27.7. The van der Waals surface area contributed by atoms with E-state index >= 15 is 0 Å². The lowest BCUT2D eigenvalue weighted by molar-refractivity contribution is -0.306. The van der Waals surface area contributed by atoms with Gasteiger partial charge in [-0.15, -0.1) is 0 Å². The maximum atomic E-state index is 12.9. The fraction of sp³-hybridized carbons (Fsp3) is 0.850. The molecule has 19 heteroatoms. The van der Waals surface area contributed by atoms with Crippen LogP contribution in [0.5, 0.6) is 0 Å². The number of carbonyl (C=O) groups is 2. The largest absolute Gasteiger partial charge is 0.394 e. The lowest BCUT2D eigenvalue weighted by Crippen LogP contribution is -2.58. The second kappa shape index (κ2) is 29.3. The smallest absolute Gasteiger partial charge is 0.239 e. The van der Waals surface area contributed by atoms with Crippen LogP contribution in [-0.2, 0) is 19.1 Å².